The van der Waals surface area contributed by atoms with Gasteiger partial charge in [-0.2, -0.15) is 0 Å². The van der Waals surface area contributed by atoms with Crippen LogP contribution in [0.3, 0.4) is 0 Å². The number of aromatic nitrogens is 1. The zero-order valence-corrected chi connectivity index (χ0v) is 18.0. The highest BCUT2D eigenvalue weighted by atomic mass is 79.9. The Balaban J connectivity index is 1.30. The maximum Gasteiger partial charge on any atom is 0.226 e. The Kier molecular flexibility index (Phi) is 4.28. The van der Waals surface area contributed by atoms with Crippen LogP contribution in [0.5, 0.6) is 5.75 Å². The molecule has 1 aromatic heterocycles. The second-order valence-electron chi connectivity index (χ2n) is 8.92. The molecule has 6 rings (SSSR count). The van der Waals surface area contributed by atoms with Crippen molar-refractivity contribution in [3.05, 3.63) is 18.2 Å². The van der Waals surface area contributed by atoms with Crippen molar-refractivity contribution in [3.8, 4) is 5.75 Å². The molecule has 144 valence electrons. The number of anilines is 1. The number of carbonyl (C=O) groups is 1. The van der Waals surface area contributed by atoms with Gasteiger partial charge in [-0.1, -0.05) is 27.3 Å². The molecule has 4 nitrogen and oxygen atoms in total. The van der Waals surface area contributed by atoms with Crippen molar-refractivity contribution in [2.24, 2.45) is 17.3 Å². The Morgan fingerprint density at radius 2 is 2.11 bits per heavy atom. The van der Waals surface area contributed by atoms with Crippen LogP contribution in [0.25, 0.3) is 10.2 Å². The predicted octanol–water partition coefficient (Wildman–Crippen LogP) is 5.76. The molecule has 1 N–H and O–H groups in total. The molecule has 0 aliphatic heterocycles. The number of ether oxygens (including phenoxy) is 1. The molecule has 0 radical (unpaired) electrons. The number of amides is 1. The van der Waals surface area contributed by atoms with E-state index in [1.54, 1.807) is 0 Å². The highest BCUT2D eigenvalue weighted by Crippen LogP contribution is 2.65. The highest BCUT2D eigenvalue weighted by molar-refractivity contribution is 9.10. The number of nitrogens with zero attached hydrogens (tertiary/aromatic N) is 1. The number of fused-ring (bicyclic) bond motifs is 1. The van der Waals surface area contributed by atoms with E-state index in [0.717, 1.165) is 34.2 Å². The van der Waals surface area contributed by atoms with E-state index in [-0.39, 0.29) is 11.3 Å². The van der Waals surface area contributed by atoms with Gasteiger partial charge in [-0.15, -0.1) is 0 Å². The maximum atomic E-state index is 12.9. The number of hydrogen-bond donors (Lipinski definition) is 1. The Bertz CT molecular complexity index is 881. The summed E-state index contributed by atoms with van der Waals surface area (Å²) in [5.41, 5.74) is 1.10. The van der Waals surface area contributed by atoms with Gasteiger partial charge in [0.1, 0.15) is 5.75 Å². The van der Waals surface area contributed by atoms with E-state index in [1.807, 2.05) is 25.1 Å². The number of rotatable bonds is 5. The second kappa shape index (κ2) is 6.45. The summed E-state index contributed by atoms with van der Waals surface area (Å²) in [6, 6.07) is 5.89. The molecule has 4 aliphatic rings. The first kappa shape index (κ1) is 17.9. The smallest absolute Gasteiger partial charge is 0.226 e. The standard InChI is InChI=1S/C21H25BrN2O2S/c1-2-26-15-3-4-16-17(6-15)27-19(23-16)24-18(25)11-20-7-13-5-14(8-20)10-21(22,9-13)12-20/h3-4,6,13-14H,2,5,7-12H2,1H3,(H,23,24,25)/t13-,14-,20?,21?/m1/s1. The van der Waals surface area contributed by atoms with Crippen LogP contribution < -0.4 is 10.1 Å². The largest absolute Gasteiger partial charge is 0.494 e. The van der Waals surface area contributed by atoms with Crippen LogP contribution in [-0.2, 0) is 4.79 Å². The van der Waals surface area contributed by atoms with Crippen molar-refractivity contribution < 1.29 is 9.53 Å². The van der Waals surface area contributed by atoms with Crippen LogP contribution in [0.1, 0.15) is 51.9 Å². The lowest BCUT2D eigenvalue weighted by molar-refractivity contribution is -0.123. The van der Waals surface area contributed by atoms with Gasteiger partial charge in [-0.25, -0.2) is 4.98 Å². The molecule has 4 aliphatic carbocycles. The van der Waals surface area contributed by atoms with E-state index in [2.05, 4.69) is 26.2 Å². The lowest BCUT2D eigenvalue weighted by Gasteiger charge is -2.60. The molecule has 0 unspecified atom stereocenters. The second-order valence-corrected chi connectivity index (χ2v) is 11.6. The van der Waals surface area contributed by atoms with Gasteiger partial charge in [0, 0.05) is 10.7 Å². The molecule has 4 fully saturated rings. The molecule has 27 heavy (non-hydrogen) atoms. The zero-order chi connectivity index (χ0) is 18.6. The first-order valence-electron chi connectivity index (χ1n) is 9.96. The Labute approximate surface area is 172 Å². The molecule has 6 heteroatoms. The molecular formula is C21H25BrN2O2S. The van der Waals surface area contributed by atoms with Crippen LogP contribution in [0.2, 0.25) is 0 Å². The van der Waals surface area contributed by atoms with E-state index >= 15 is 0 Å². The first-order valence-corrected chi connectivity index (χ1v) is 11.6. The third-order valence-electron chi connectivity index (χ3n) is 6.56. The normalized spacial score (nSPS) is 34.1. The number of halogens is 1. The number of alkyl halides is 1. The van der Waals surface area contributed by atoms with Crippen molar-refractivity contribution in [1.82, 2.24) is 4.98 Å². The summed E-state index contributed by atoms with van der Waals surface area (Å²) in [4.78, 5) is 17.4. The van der Waals surface area contributed by atoms with Crippen molar-refractivity contribution >= 4 is 48.5 Å². The van der Waals surface area contributed by atoms with Crippen LogP contribution in [0, 0.1) is 17.3 Å². The third-order valence-corrected chi connectivity index (χ3v) is 8.43. The van der Waals surface area contributed by atoms with Gasteiger partial charge in [0.2, 0.25) is 5.91 Å². The fourth-order valence-corrected chi connectivity index (χ4v) is 8.68. The minimum Gasteiger partial charge on any atom is -0.494 e. The van der Waals surface area contributed by atoms with Crippen molar-refractivity contribution in [1.29, 1.82) is 0 Å². The van der Waals surface area contributed by atoms with Crippen LogP contribution >= 0.6 is 27.3 Å². The molecule has 1 amide bonds. The topological polar surface area (TPSA) is 51.2 Å². The highest BCUT2D eigenvalue weighted by Gasteiger charge is 2.57. The van der Waals surface area contributed by atoms with Crippen LogP contribution in [0.15, 0.2) is 18.2 Å². The summed E-state index contributed by atoms with van der Waals surface area (Å²) in [5, 5.41) is 3.78. The molecule has 2 aromatic rings. The summed E-state index contributed by atoms with van der Waals surface area (Å²) >= 11 is 5.56. The zero-order valence-electron chi connectivity index (χ0n) is 15.6. The van der Waals surface area contributed by atoms with Gasteiger partial charge >= 0.3 is 0 Å². The average molecular weight is 449 g/mol. The molecule has 4 saturated carbocycles. The summed E-state index contributed by atoms with van der Waals surface area (Å²) in [7, 11) is 0. The summed E-state index contributed by atoms with van der Waals surface area (Å²) < 4.78 is 6.90. The first-order chi connectivity index (χ1) is 12.9. The summed E-state index contributed by atoms with van der Waals surface area (Å²) in [5.74, 6) is 2.58. The Hall–Kier alpha value is -1.14. The number of carbonyl (C=O) groups excluding carboxylic acids is 1. The predicted molar refractivity (Wildman–Crippen MR) is 113 cm³/mol. The molecule has 1 aromatic carbocycles. The lowest BCUT2D eigenvalue weighted by Crippen LogP contribution is -2.53. The van der Waals surface area contributed by atoms with Gasteiger partial charge in [-0.05, 0) is 80.9 Å². The molecule has 2 atom stereocenters. The minimum absolute atomic E-state index is 0.122. The summed E-state index contributed by atoms with van der Waals surface area (Å²) in [6.07, 6.45) is 8.20. The van der Waals surface area contributed by atoms with E-state index in [4.69, 9.17) is 4.74 Å². The SMILES string of the molecule is CCOc1ccc2nc(NC(=O)CC34C[C@H]5C[C@@H](CC(Br)(C5)C3)C4)sc2c1. The Morgan fingerprint density at radius 1 is 1.33 bits per heavy atom. The van der Waals surface area contributed by atoms with Gasteiger partial charge in [-0.3, -0.25) is 4.79 Å². The maximum absolute atomic E-state index is 12.9. The van der Waals surface area contributed by atoms with Crippen molar-refractivity contribution in [3.63, 3.8) is 0 Å². The van der Waals surface area contributed by atoms with E-state index in [9.17, 15) is 4.79 Å². The monoisotopic (exact) mass is 448 g/mol. The quantitative estimate of drug-likeness (QED) is 0.591. The number of thiazole rings is 1. The van der Waals surface area contributed by atoms with Crippen LogP contribution in [-0.4, -0.2) is 21.8 Å². The number of hydrogen-bond acceptors (Lipinski definition) is 4. The van der Waals surface area contributed by atoms with E-state index < -0.39 is 0 Å². The number of nitrogens with one attached hydrogen (secondary N) is 1. The minimum atomic E-state index is 0.122. The van der Waals surface area contributed by atoms with E-state index in [0.29, 0.717) is 22.5 Å². The third kappa shape index (κ3) is 3.39. The number of benzene rings is 1. The van der Waals surface area contributed by atoms with E-state index in [1.165, 1.54) is 43.4 Å². The fraction of sp³-hybridized carbons (Fsp3) is 0.619. The van der Waals surface area contributed by atoms with Gasteiger partial charge in [0.25, 0.3) is 0 Å². The molecule has 4 bridgehead atoms. The summed E-state index contributed by atoms with van der Waals surface area (Å²) in [6.45, 7) is 2.62. The Morgan fingerprint density at radius 3 is 2.81 bits per heavy atom. The molecule has 0 saturated heterocycles. The fourth-order valence-electron chi connectivity index (χ4n) is 6.26. The van der Waals surface area contributed by atoms with Gasteiger partial charge in [0.05, 0.1) is 16.8 Å². The van der Waals surface area contributed by atoms with Crippen LogP contribution in [0.4, 0.5) is 5.13 Å². The molecular weight excluding hydrogens is 424 g/mol. The average Bonchev–Trinajstić information content (AvgIpc) is 2.93. The molecule has 0 spiro atoms. The van der Waals surface area contributed by atoms with Crippen molar-refractivity contribution in [2.45, 2.75) is 56.2 Å². The van der Waals surface area contributed by atoms with Gasteiger partial charge < -0.3 is 10.1 Å². The van der Waals surface area contributed by atoms with Crippen molar-refractivity contribution in [2.75, 3.05) is 11.9 Å². The molecule has 1 heterocycles. The lowest BCUT2D eigenvalue weighted by atomic mass is 9.48. The van der Waals surface area contributed by atoms with Gasteiger partial charge in [0.15, 0.2) is 5.13 Å².